The number of fused-ring (bicyclic) bond motifs is 2. The van der Waals surface area contributed by atoms with E-state index in [1.807, 2.05) is 44.4 Å². The van der Waals surface area contributed by atoms with E-state index in [4.69, 9.17) is 14.7 Å². The first-order valence-electron chi connectivity index (χ1n) is 14.3. The molecule has 0 saturated heterocycles. The summed E-state index contributed by atoms with van der Waals surface area (Å²) >= 11 is 0. The molecule has 1 amide bonds. The summed E-state index contributed by atoms with van der Waals surface area (Å²) in [5.74, 6) is 4.02. The molecule has 0 radical (unpaired) electrons. The first-order valence-corrected chi connectivity index (χ1v) is 14.3. The summed E-state index contributed by atoms with van der Waals surface area (Å²) in [6.07, 6.45) is 8.71. The standard InChI is InChI=1S/C32H40N4O3/c1-36(2)32-26-8-4-5-9-28(26)34-30(35-32)10-6-7-21-11-13-22(14-12-21)20-33-31(38)18-23-17-29(37)25-16-15-24(39-3)19-27(23)25/h4-5,8-9,15-16,19,21-23H,6-7,10-14,17-18,20H2,1-3H3,(H,33,38). The van der Waals surface area contributed by atoms with E-state index < -0.39 is 0 Å². The molecule has 2 aromatic carbocycles. The third-order valence-corrected chi connectivity index (χ3v) is 8.48. The van der Waals surface area contributed by atoms with Crippen molar-refractivity contribution in [1.82, 2.24) is 15.3 Å². The maximum Gasteiger partial charge on any atom is 0.220 e. The molecule has 7 nitrogen and oxygen atoms in total. The number of hydrogen-bond donors (Lipinski definition) is 1. The number of aryl methyl sites for hydroxylation is 1. The summed E-state index contributed by atoms with van der Waals surface area (Å²) in [4.78, 5) is 36.8. The van der Waals surface area contributed by atoms with Gasteiger partial charge in [-0.25, -0.2) is 9.97 Å². The Kier molecular flexibility index (Phi) is 8.44. The molecule has 3 aromatic rings. The first-order chi connectivity index (χ1) is 18.9. The molecule has 1 saturated carbocycles. The number of ketones is 1. The van der Waals surface area contributed by atoms with Gasteiger partial charge in [-0.1, -0.05) is 31.4 Å². The molecular formula is C32H40N4O3. The summed E-state index contributed by atoms with van der Waals surface area (Å²) in [5, 5.41) is 4.26. The smallest absolute Gasteiger partial charge is 0.220 e. The number of anilines is 1. The highest BCUT2D eigenvalue weighted by Crippen LogP contribution is 2.38. The highest BCUT2D eigenvalue weighted by atomic mass is 16.5. The molecule has 1 heterocycles. The number of Topliss-reactive ketones (excluding diaryl/α,β-unsaturated/α-hetero) is 1. The second-order valence-corrected chi connectivity index (χ2v) is 11.4. The van der Waals surface area contributed by atoms with Crippen LogP contribution in [0.3, 0.4) is 0 Å². The maximum atomic E-state index is 12.7. The van der Waals surface area contributed by atoms with Gasteiger partial charge in [-0.2, -0.15) is 0 Å². The number of amides is 1. The summed E-state index contributed by atoms with van der Waals surface area (Å²) in [6, 6.07) is 13.8. The van der Waals surface area contributed by atoms with Gasteiger partial charge in [-0.05, 0) is 67.0 Å². The van der Waals surface area contributed by atoms with E-state index in [9.17, 15) is 9.59 Å². The van der Waals surface area contributed by atoms with Gasteiger partial charge in [0.1, 0.15) is 17.4 Å². The molecule has 1 aromatic heterocycles. The van der Waals surface area contributed by atoms with Crippen LogP contribution in [0.25, 0.3) is 10.9 Å². The number of hydrogen-bond acceptors (Lipinski definition) is 6. The molecule has 7 heteroatoms. The van der Waals surface area contributed by atoms with Gasteiger partial charge in [-0.15, -0.1) is 0 Å². The van der Waals surface area contributed by atoms with Crippen molar-refractivity contribution in [3.63, 3.8) is 0 Å². The maximum absolute atomic E-state index is 12.7. The lowest BCUT2D eigenvalue weighted by atomic mass is 9.79. The Balaban J connectivity index is 1.04. The predicted molar refractivity (Wildman–Crippen MR) is 155 cm³/mol. The SMILES string of the molecule is COc1ccc2c(c1)C(CC(=O)NCC1CCC(CCCc3nc(N(C)C)c4ccccc4n3)CC1)CC2=O. The van der Waals surface area contributed by atoms with Crippen molar-refractivity contribution < 1.29 is 14.3 Å². The second-order valence-electron chi connectivity index (χ2n) is 11.4. The lowest BCUT2D eigenvalue weighted by Crippen LogP contribution is -2.32. The van der Waals surface area contributed by atoms with E-state index in [2.05, 4.69) is 22.3 Å². The minimum atomic E-state index is -0.0567. The Morgan fingerprint density at radius 3 is 2.59 bits per heavy atom. The van der Waals surface area contributed by atoms with Crippen LogP contribution in [0.4, 0.5) is 5.82 Å². The van der Waals surface area contributed by atoms with E-state index in [-0.39, 0.29) is 17.6 Å². The summed E-state index contributed by atoms with van der Waals surface area (Å²) < 4.78 is 5.32. The number of carbonyl (C=O) groups is 2. The van der Waals surface area contributed by atoms with Crippen molar-refractivity contribution in [1.29, 1.82) is 0 Å². The lowest BCUT2D eigenvalue weighted by molar-refractivity contribution is -0.121. The molecule has 0 aliphatic heterocycles. The zero-order valence-corrected chi connectivity index (χ0v) is 23.4. The fourth-order valence-electron chi connectivity index (χ4n) is 6.27. The Morgan fingerprint density at radius 1 is 1.05 bits per heavy atom. The molecular weight excluding hydrogens is 488 g/mol. The summed E-state index contributed by atoms with van der Waals surface area (Å²) in [6.45, 7) is 0.732. The Labute approximate surface area is 231 Å². The van der Waals surface area contributed by atoms with Crippen molar-refractivity contribution in [2.24, 2.45) is 11.8 Å². The summed E-state index contributed by atoms with van der Waals surface area (Å²) in [7, 11) is 5.69. The van der Waals surface area contributed by atoms with Crippen LogP contribution in [0.15, 0.2) is 42.5 Å². The first kappa shape index (κ1) is 27.1. The van der Waals surface area contributed by atoms with Gasteiger partial charge in [0.15, 0.2) is 5.78 Å². The van der Waals surface area contributed by atoms with Gasteiger partial charge in [0, 0.05) is 56.8 Å². The monoisotopic (exact) mass is 528 g/mol. The second kappa shape index (κ2) is 12.1. The number of rotatable bonds is 10. The minimum absolute atomic E-state index is 0.0399. The fourth-order valence-corrected chi connectivity index (χ4v) is 6.27. The zero-order chi connectivity index (χ0) is 27.4. The minimum Gasteiger partial charge on any atom is -0.497 e. The number of nitrogens with one attached hydrogen (secondary N) is 1. The quantitative estimate of drug-likeness (QED) is 0.363. The summed E-state index contributed by atoms with van der Waals surface area (Å²) in [5.41, 5.74) is 2.69. The van der Waals surface area contributed by atoms with Gasteiger partial charge in [0.25, 0.3) is 0 Å². The van der Waals surface area contributed by atoms with Crippen LogP contribution in [0, 0.1) is 11.8 Å². The number of ether oxygens (including phenoxy) is 1. The molecule has 2 aliphatic rings. The molecule has 2 aliphatic carbocycles. The van der Waals surface area contributed by atoms with Crippen molar-refractivity contribution in [3.8, 4) is 5.75 Å². The molecule has 0 bridgehead atoms. The molecule has 39 heavy (non-hydrogen) atoms. The average molecular weight is 529 g/mol. The van der Waals surface area contributed by atoms with Crippen LogP contribution in [-0.2, 0) is 11.2 Å². The number of methoxy groups -OCH3 is 1. The van der Waals surface area contributed by atoms with Crippen LogP contribution < -0.4 is 15.0 Å². The van der Waals surface area contributed by atoms with Crippen molar-refractivity contribution in [3.05, 3.63) is 59.4 Å². The van der Waals surface area contributed by atoms with Crippen LogP contribution >= 0.6 is 0 Å². The number of carbonyl (C=O) groups excluding carboxylic acids is 2. The van der Waals surface area contributed by atoms with E-state index >= 15 is 0 Å². The van der Waals surface area contributed by atoms with E-state index in [1.54, 1.807) is 7.11 Å². The molecule has 0 spiro atoms. The van der Waals surface area contributed by atoms with Crippen molar-refractivity contribution in [2.45, 2.75) is 63.7 Å². The van der Waals surface area contributed by atoms with E-state index in [1.165, 1.54) is 19.3 Å². The third-order valence-electron chi connectivity index (χ3n) is 8.48. The Morgan fingerprint density at radius 2 is 1.82 bits per heavy atom. The molecule has 1 atom stereocenters. The van der Waals surface area contributed by atoms with Gasteiger partial charge >= 0.3 is 0 Å². The molecule has 5 rings (SSSR count). The highest BCUT2D eigenvalue weighted by Gasteiger charge is 2.31. The van der Waals surface area contributed by atoms with Crippen LogP contribution in [0.5, 0.6) is 5.75 Å². The number of aromatic nitrogens is 2. The van der Waals surface area contributed by atoms with Crippen LogP contribution in [-0.4, -0.2) is 49.4 Å². The lowest BCUT2D eigenvalue weighted by Gasteiger charge is -2.28. The Bertz CT molecular complexity index is 1330. The van der Waals surface area contributed by atoms with Gasteiger partial charge in [0.05, 0.1) is 12.6 Å². The van der Waals surface area contributed by atoms with E-state index in [0.717, 1.165) is 77.6 Å². The molecule has 1 fully saturated rings. The Hall–Kier alpha value is -3.48. The fraction of sp³-hybridized carbons (Fsp3) is 0.500. The number of benzene rings is 2. The zero-order valence-electron chi connectivity index (χ0n) is 23.4. The number of nitrogens with zero attached hydrogens (tertiary/aromatic N) is 3. The van der Waals surface area contributed by atoms with Crippen molar-refractivity contribution in [2.75, 3.05) is 32.6 Å². The molecule has 206 valence electrons. The van der Waals surface area contributed by atoms with Crippen molar-refractivity contribution >= 4 is 28.4 Å². The van der Waals surface area contributed by atoms with Crippen LogP contribution in [0.2, 0.25) is 0 Å². The molecule has 1 unspecified atom stereocenters. The van der Waals surface area contributed by atoms with Gasteiger partial charge < -0.3 is 15.0 Å². The highest BCUT2D eigenvalue weighted by molar-refractivity contribution is 6.02. The largest absolute Gasteiger partial charge is 0.497 e. The number of para-hydroxylation sites is 1. The van der Waals surface area contributed by atoms with Crippen LogP contribution in [0.1, 0.15) is 79.0 Å². The average Bonchev–Trinajstić information content (AvgIpc) is 3.25. The van der Waals surface area contributed by atoms with Gasteiger partial charge in [0.2, 0.25) is 5.91 Å². The van der Waals surface area contributed by atoms with Gasteiger partial charge in [-0.3, -0.25) is 9.59 Å². The topological polar surface area (TPSA) is 84.4 Å². The van der Waals surface area contributed by atoms with E-state index in [0.29, 0.717) is 18.8 Å². The third kappa shape index (κ3) is 6.40. The normalized spacial score (nSPS) is 20.6. The molecule has 1 N–H and O–H groups in total. The predicted octanol–water partition coefficient (Wildman–Crippen LogP) is 5.71.